The van der Waals surface area contributed by atoms with Crippen LogP contribution < -0.4 is 0 Å². The lowest BCUT2D eigenvalue weighted by molar-refractivity contribution is 1.32. The zero-order chi connectivity index (χ0) is 14.9. The van der Waals surface area contributed by atoms with Gasteiger partial charge >= 0.3 is 0 Å². The van der Waals surface area contributed by atoms with E-state index in [1.165, 1.54) is 16.0 Å². The van der Waals surface area contributed by atoms with E-state index >= 15 is 0 Å². The van der Waals surface area contributed by atoms with Gasteiger partial charge in [0.1, 0.15) is 0 Å². The third-order valence-electron chi connectivity index (χ3n) is 2.79. The summed E-state index contributed by atoms with van der Waals surface area (Å²) in [5.74, 6) is 0. The third-order valence-corrected chi connectivity index (χ3v) is 3.85. The van der Waals surface area contributed by atoms with E-state index in [0.29, 0.717) is 0 Å². The van der Waals surface area contributed by atoms with Crippen LogP contribution in [0.2, 0.25) is 0 Å². The standard InChI is InChI=1S/C12H11NS.C5H5NS/c1-14-12-5-3-2-4-11(12)10-6-8-13-9-7-10;7-5-1-3-6-4-2-5/h2-9H,1H3;1-4H,(H,6,7). The lowest BCUT2D eigenvalue weighted by atomic mass is 10.1. The summed E-state index contributed by atoms with van der Waals surface area (Å²) < 4.78 is 0.874. The fourth-order valence-electron chi connectivity index (χ4n) is 1.79. The Morgan fingerprint density at radius 3 is 2.19 bits per heavy atom. The second-order valence-corrected chi connectivity index (χ2v) is 5.49. The first-order chi connectivity index (χ1) is 10.3. The molecule has 0 amide bonds. The molecule has 0 fully saturated rings. The highest BCUT2D eigenvalue weighted by molar-refractivity contribution is 7.98. The first-order valence-corrected chi connectivity index (χ1v) is 8.11. The van der Waals surface area contributed by atoms with Gasteiger partial charge < -0.3 is 4.98 Å². The number of pyridine rings is 2. The van der Waals surface area contributed by atoms with Gasteiger partial charge in [0.25, 0.3) is 0 Å². The number of aromatic nitrogens is 2. The van der Waals surface area contributed by atoms with Crippen molar-refractivity contribution in [2.45, 2.75) is 4.90 Å². The Labute approximate surface area is 134 Å². The van der Waals surface area contributed by atoms with Crippen LogP contribution in [0.15, 0.2) is 78.2 Å². The lowest BCUT2D eigenvalue weighted by Crippen LogP contribution is -1.81. The average Bonchev–Trinajstić information content (AvgIpc) is 2.57. The minimum atomic E-state index is 0.874. The van der Waals surface area contributed by atoms with Gasteiger partial charge in [-0.3, -0.25) is 4.98 Å². The van der Waals surface area contributed by atoms with E-state index < -0.39 is 0 Å². The summed E-state index contributed by atoms with van der Waals surface area (Å²) in [5, 5.41) is 0. The van der Waals surface area contributed by atoms with E-state index in [2.05, 4.69) is 40.5 Å². The third kappa shape index (κ3) is 4.85. The van der Waals surface area contributed by atoms with Crippen molar-refractivity contribution in [3.63, 3.8) is 0 Å². The number of rotatable bonds is 2. The van der Waals surface area contributed by atoms with E-state index in [4.69, 9.17) is 12.2 Å². The zero-order valence-corrected chi connectivity index (χ0v) is 13.3. The maximum atomic E-state index is 4.79. The average molecular weight is 312 g/mol. The Kier molecular flexibility index (Phi) is 6.19. The van der Waals surface area contributed by atoms with Crippen LogP contribution in [0.5, 0.6) is 0 Å². The number of hydrogen-bond donors (Lipinski definition) is 1. The van der Waals surface area contributed by atoms with Crippen molar-refractivity contribution in [1.82, 2.24) is 9.97 Å². The van der Waals surface area contributed by atoms with Gasteiger partial charge in [0.2, 0.25) is 0 Å². The van der Waals surface area contributed by atoms with Crippen LogP contribution in [0.25, 0.3) is 11.1 Å². The molecule has 2 heterocycles. The number of hydrogen-bond acceptors (Lipinski definition) is 3. The molecule has 1 aromatic carbocycles. The van der Waals surface area contributed by atoms with Gasteiger partial charge in [0, 0.05) is 34.2 Å². The Balaban J connectivity index is 0.000000194. The molecule has 0 saturated carbocycles. The van der Waals surface area contributed by atoms with E-state index in [0.717, 1.165) is 4.51 Å². The van der Waals surface area contributed by atoms with Crippen molar-refractivity contribution in [2.24, 2.45) is 0 Å². The Morgan fingerprint density at radius 1 is 0.952 bits per heavy atom. The monoisotopic (exact) mass is 312 g/mol. The molecule has 2 nitrogen and oxygen atoms in total. The summed E-state index contributed by atoms with van der Waals surface area (Å²) in [6.07, 6.45) is 9.36. The maximum Gasteiger partial charge on any atom is 0.0406 e. The number of nitrogens with zero attached hydrogens (tertiary/aromatic N) is 1. The topological polar surface area (TPSA) is 28.7 Å². The first-order valence-electron chi connectivity index (χ1n) is 6.48. The minimum Gasteiger partial charge on any atom is -0.368 e. The fraction of sp³-hybridized carbons (Fsp3) is 0.0588. The molecule has 0 unspecified atom stereocenters. The normalized spacial score (nSPS) is 9.57. The van der Waals surface area contributed by atoms with Gasteiger partial charge in [-0.2, -0.15) is 0 Å². The van der Waals surface area contributed by atoms with Crippen molar-refractivity contribution in [2.75, 3.05) is 6.26 Å². The molecule has 4 heteroatoms. The van der Waals surface area contributed by atoms with Crippen molar-refractivity contribution < 1.29 is 0 Å². The molecule has 0 spiro atoms. The molecule has 1 N–H and O–H groups in total. The van der Waals surface area contributed by atoms with Gasteiger partial charge in [0.15, 0.2) is 0 Å². The number of benzene rings is 1. The Bertz CT molecular complexity index is 706. The molecule has 0 radical (unpaired) electrons. The summed E-state index contributed by atoms with van der Waals surface area (Å²) in [4.78, 5) is 8.19. The van der Waals surface area contributed by atoms with Crippen LogP contribution in [0.4, 0.5) is 0 Å². The number of nitrogens with one attached hydrogen (secondary N) is 1. The molecule has 0 aliphatic rings. The highest BCUT2D eigenvalue weighted by atomic mass is 32.2. The molecule has 3 aromatic rings. The summed E-state index contributed by atoms with van der Waals surface area (Å²) in [6, 6.07) is 16.2. The molecular weight excluding hydrogens is 296 g/mol. The summed E-state index contributed by atoms with van der Waals surface area (Å²) in [5.41, 5.74) is 2.51. The predicted octanol–water partition coefficient (Wildman–Crippen LogP) is 5.21. The maximum absolute atomic E-state index is 4.79. The largest absolute Gasteiger partial charge is 0.368 e. The van der Waals surface area contributed by atoms with Crippen LogP contribution >= 0.6 is 24.0 Å². The Morgan fingerprint density at radius 2 is 1.62 bits per heavy atom. The van der Waals surface area contributed by atoms with Gasteiger partial charge in [-0.25, -0.2) is 0 Å². The second kappa shape index (κ2) is 8.39. The van der Waals surface area contributed by atoms with E-state index in [1.807, 2.05) is 49.1 Å². The smallest absolute Gasteiger partial charge is 0.0406 e. The van der Waals surface area contributed by atoms with E-state index in [1.54, 1.807) is 11.8 Å². The minimum absolute atomic E-state index is 0.874. The van der Waals surface area contributed by atoms with Crippen LogP contribution in [0, 0.1) is 4.51 Å². The molecule has 3 rings (SSSR count). The summed E-state index contributed by atoms with van der Waals surface area (Å²) in [7, 11) is 0. The number of thioether (sulfide) groups is 1. The first kappa shape index (κ1) is 15.5. The predicted molar refractivity (Wildman–Crippen MR) is 93.1 cm³/mol. The fourth-order valence-corrected chi connectivity index (χ4v) is 2.54. The van der Waals surface area contributed by atoms with E-state index in [9.17, 15) is 0 Å². The molecule has 0 aliphatic carbocycles. The second-order valence-electron chi connectivity index (χ2n) is 4.17. The highest BCUT2D eigenvalue weighted by Crippen LogP contribution is 2.29. The number of H-pyrrole nitrogens is 1. The molecule has 21 heavy (non-hydrogen) atoms. The van der Waals surface area contributed by atoms with Gasteiger partial charge in [-0.15, -0.1) is 11.8 Å². The molecule has 0 atom stereocenters. The van der Waals surface area contributed by atoms with Crippen molar-refractivity contribution in [3.8, 4) is 11.1 Å². The van der Waals surface area contributed by atoms with Crippen LogP contribution in [0.1, 0.15) is 0 Å². The van der Waals surface area contributed by atoms with Crippen molar-refractivity contribution >= 4 is 24.0 Å². The molecule has 106 valence electrons. The van der Waals surface area contributed by atoms with Gasteiger partial charge in [-0.05, 0) is 47.7 Å². The molecular formula is C17H16N2S2. The molecule has 0 aliphatic heterocycles. The van der Waals surface area contributed by atoms with Crippen LogP contribution in [-0.4, -0.2) is 16.2 Å². The van der Waals surface area contributed by atoms with Crippen molar-refractivity contribution in [1.29, 1.82) is 0 Å². The van der Waals surface area contributed by atoms with E-state index in [-0.39, 0.29) is 0 Å². The zero-order valence-electron chi connectivity index (χ0n) is 11.7. The summed E-state index contributed by atoms with van der Waals surface area (Å²) >= 11 is 6.56. The molecule has 2 aromatic heterocycles. The lowest BCUT2D eigenvalue weighted by Gasteiger charge is -2.05. The highest BCUT2D eigenvalue weighted by Gasteiger charge is 2.01. The Hall–Kier alpha value is -1.91. The quantitative estimate of drug-likeness (QED) is 0.520. The summed E-state index contributed by atoms with van der Waals surface area (Å²) in [6.45, 7) is 0. The van der Waals surface area contributed by atoms with Crippen LogP contribution in [-0.2, 0) is 0 Å². The molecule has 0 bridgehead atoms. The van der Waals surface area contributed by atoms with Crippen molar-refractivity contribution in [3.05, 3.63) is 77.8 Å². The van der Waals surface area contributed by atoms with Gasteiger partial charge in [-0.1, -0.05) is 30.4 Å². The van der Waals surface area contributed by atoms with Crippen LogP contribution in [0.3, 0.4) is 0 Å². The van der Waals surface area contributed by atoms with Gasteiger partial charge in [0.05, 0.1) is 0 Å². The number of aromatic amines is 1. The SMILES string of the molecule is CSc1ccccc1-c1ccncc1.S=c1cc[nH]cc1. The molecule has 0 saturated heterocycles.